The van der Waals surface area contributed by atoms with Crippen LogP contribution in [0.5, 0.6) is 0 Å². The predicted molar refractivity (Wildman–Crippen MR) is 81.9 cm³/mol. The number of aliphatic hydroxyl groups excluding tert-OH is 1. The first kappa shape index (κ1) is 16.0. The number of carbonyl (C=O) groups is 1. The molecule has 0 spiro atoms. The smallest absolute Gasteiger partial charge is 0.269 e. The summed E-state index contributed by atoms with van der Waals surface area (Å²) in [5.74, 6) is 0.633. The maximum atomic E-state index is 11.5. The Kier molecular flexibility index (Phi) is 4.42. The van der Waals surface area contributed by atoms with Gasteiger partial charge in [0.15, 0.2) is 0 Å². The molecule has 1 fully saturated rings. The fraction of sp³-hybridized carbons (Fsp3) is 0.750. The normalized spacial score (nSPS) is 18.5. The van der Waals surface area contributed by atoms with Crippen LogP contribution in [0.25, 0.3) is 0 Å². The van der Waals surface area contributed by atoms with Crippen LogP contribution in [-0.4, -0.2) is 27.4 Å². The standard InChI is InChI=1S/C16H27N3O2/c1-10(9-20)8-19-13(7-12(18-19)15(17)21)14(11-5-6-11)16(2,3)4/h7,10-11,14,20H,5-6,8-9H2,1-4H3,(H2,17,21). The van der Waals surface area contributed by atoms with Gasteiger partial charge in [-0.2, -0.15) is 5.10 Å². The minimum absolute atomic E-state index is 0.101. The highest BCUT2D eigenvalue weighted by Crippen LogP contribution is 2.51. The average Bonchev–Trinajstić information content (AvgIpc) is 3.10. The van der Waals surface area contributed by atoms with E-state index >= 15 is 0 Å². The Hall–Kier alpha value is -1.36. The molecule has 1 amide bonds. The Morgan fingerprint density at radius 2 is 2.14 bits per heavy atom. The highest BCUT2D eigenvalue weighted by Gasteiger charge is 2.41. The maximum Gasteiger partial charge on any atom is 0.269 e. The number of primary amides is 1. The Balaban J connectivity index is 2.41. The Labute approximate surface area is 126 Å². The zero-order chi connectivity index (χ0) is 15.8. The van der Waals surface area contributed by atoms with Crippen LogP contribution in [0.3, 0.4) is 0 Å². The summed E-state index contributed by atoms with van der Waals surface area (Å²) in [4.78, 5) is 11.5. The van der Waals surface area contributed by atoms with Crippen molar-refractivity contribution in [3.63, 3.8) is 0 Å². The maximum absolute atomic E-state index is 11.5. The van der Waals surface area contributed by atoms with Gasteiger partial charge >= 0.3 is 0 Å². The lowest BCUT2D eigenvalue weighted by atomic mass is 9.75. The molecule has 1 aromatic rings. The molecule has 21 heavy (non-hydrogen) atoms. The topological polar surface area (TPSA) is 81.1 Å². The first-order valence-corrected chi connectivity index (χ1v) is 7.72. The molecule has 0 aromatic carbocycles. The molecule has 0 aliphatic heterocycles. The van der Waals surface area contributed by atoms with Gasteiger partial charge in [-0.05, 0) is 36.2 Å². The predicted octanol–water partition coefficient (Wildman–Crippen LogP) is 2.15. The van der Waals surface area contributed by atoms with Gasteiger partial charge in [-0.3, -0.25) is 9.48 Å². The highest BCUT2D eigenvalue weighted by molar-refractivity contribution is 5.90. The highest BCUT2D eigenvalue weighted by atomic mass is 16.3. The summed E-state index contributed by atoms with van der Waals surface area (Å²) in [5, 5.41) is 13.7. The SMILES string of the molecule is CC(CO)Cn1nc(C(N)=O)cc1C(C1CC1)C(C)(C)C. The average molecular weight is 293 g/mol. The lowest BCUT2D eigenvalue weighted by Crippen LogP contribution is -2.25. The summed E-state index contributed by atoms with van der Waals surface area (Å²) in [7, 11) is 0. The largest absolute Gasteiger partial charge is 0.396 e. The minimum Gasteiger partial charge on any atom is -0.396 e. The number of carbonyl (C=O) groups excluding carboxylic acids is 1. The van der Waals surface area contributed by atoms with Gasteiger partial charge in [-0.1, -0.05) is 27.7 Å². The molecule has 2 atom stereocenters. The zero-order valence-electron chi connectivity index (χ0n) is 13.5. The molecule has 1 aromatic heterocycles. The van der Waals surface area contributed by atoms with E-state index < -0.39 is 5.91 Å². The van der Waals surface area contributed by atoms with Gasteiger partial charge in [0.1, 0.15) is 5.69 Å². The van der Waals surface area contributed by atoms with E-state index in [4.69, 9.17) is 5.73 Å². The third-order valence-corrected chi connectivity index (χ3v) is 4.20. The van der Waals surface area contributed by atoms with Crippen LogP contribution in [0.1, 0.15) is 62.6 Å². The van der Waals surface area contributed by atoms with Gasteiger partial charge in [0.05, 0.1) is 0 Å². The Morgan fingerprint density at radius 1 is 1.52 bits per heavy atom. The number of hydrogen-bond donors (Lipinski definition) is 2. The first-order valence-electron chi connectivity index (χ1n) is 7.72. The van der Waals surface area contributed by atoms with Crippen LogP contribution >= 0.6 is 0 Å². The third-order valence-electron chi connectivity index (χ3n) is 4.20. The van der Waals surface area contributed by atoms with E-state index in [1.165, 1.54) is 12.8 Å². The van der Waals surface area contributed by atoms with E-state index in [9.17, 15) is 9.90 Å². The van der Waals surface area contributed by atoms with E-state index in [0.717, 1.165) is 5.69 Å². The number of rotatable bonds is 6. The van der Waals surface area contributed by atoms with Crippen LogP contribution in [0.2, 0.25) is 0 Å². The van der Waals surface area contributed by atoms with Crippen LogP contribution in [0, 0.1) is 17.3 Å². The van der Waals surface area contributed by atoms with Gasteiger partial charge in [-0.15, -0.1) is 0 Å². The molecular weight excluding hydrogens is 266 g/mol. The van der Waals surface area contributed by atoms with Crippen molar-refractivity contribution >= 4 is 5.91 Å². The second kappa shape index (κ2) is 5.79. The van der Waals surface area contributed by atoms with Crippen LogP contribution in [0.15, 0.2) is 6.07 Å². The lowest BCUT2D eigenvalue weighted by Gasteiger charge is -2.31. The molecule has 2 unspecified atom stereocenters. The Bertz CT molecular complexity index is 512. The van der Waals surface area contributed by atoms with Crippen LogP contribution in [-0.2, 0) is 6.54 Å². The number of hydrogen-bond acceptors (Lipinski definition) is 3. The number of aliphatic hydroxyl groups is 1. The molecule has 3 N–H and O–H groups in total. The van der Waals surface area contributed by atoms with Crippen molar-refractivity contribution in [2.45, 2.75) is 53.0 Å². The fourth-order valence-corrected chi connectivity index (χ4v) is 3.12. The molecule has 5 nitrogen and oxygen atoms in total. The number of nitrogens with two attached hydrogens (primary N) is 1. The van der Waals surface area contributed by atoms with Crippen LogP contribution < -0.4 is 5.73 Å². The van der Waals surface area contributed by atoms with Crippen molar-refractivity contribution < 1.29 is 9.90 Å². The molecule has 1 saturated carbocycles. The third kappa shape index (κ3) is 3.64. The van der Waals surface area contributed by atoms with Crippen LogP contribution in [0.4, 0.5) is 0 Å². The number of nitrogens with zero attached hydrogens (tertiary/aromatic N) is 2. The van der Waals surface area contributed by atoms with Gasteiger partial charge in [0.25, 0.3) is 5.91 Å². The summed E-state index contributed by atoms with van der Waals surface area (Å²) in [5.41, 5.74) is 6.91. The molecule has 0 bridgehead atoms. The Morgan fingerprint density at radius 3 is 2.57 bits per heavy atom. The van der Waals surface area contributed by atoms with E-state index in [2.05, 4.69) is 25.9 Å². The fourth-order valence-electron chi connectivity index (χ4n) is 3.12. The summed E-state index contributed by atoms with van der Waals surface area (Å²) >= 11 is 0. The van der Waals surface area contributed by atoms with Crippen molar-refractivity contribution in [1.29, 1.82) is 0 Å². The minimum atomic E-state index is -0.491. The molecule has 1 aliphatic rings. The molecule has 5 heteroatoms. The first-order chi connectivity index (χ1) is 9.74. The van der Waals surface area contributed by atoms with Crippen molar-refractivity contribution in [2.24, 2.45) is 23.0 Å². The summed E-state index contributed by atoms with van der Waals surface area (Å²) in [6, 6.07) is 1.85. The quantitative estimate of drug-likeness (QED) is 0.843. The number of amides is 1. The lowest BCUT2D eigenvalue weighted by molar-refractivity contribution is 0.0994. The second-order valence-corrected chi connectivity index (χ2v) is 7.47. The summed E-state index contributed by atoms with van der Waals surface area (Å²) in [6.07, 6.45) is 2.46. The molecule has 118 valence electrons. The molecule has 2 rings (SSSR count). The monoisotopic (exact) mass is 293 g/mol. The molecule has 1 heterocycles. The molecule has 0 saturated heterocycles. The van der Waals surface area contributed by atoms with E-state index in [-0.39, 0.29) is 17.9 Å². The summed E-state index contributed by atoms with van der Waals surface area (Å²) in [6.45, 7) is 9.37. The van der Waals surface area contributed by atoms with Gasteiger partial charge < -0.3 is 10.8 Å². The van der Waals surface area contributed by atoms with Gasteiger partial charge in [0.2, 0.25) is 0 Å². The van der Waals surface area contributed by atoms with E-state index in [1.54, 1.807) is 0 Å². The zero-order valence-corrected chi connectivity index (χ0v) is 13.5. The molecule has 0 radical (unpaired) electrons. The summed E-state index contributed by atoms with van der Waals surface area (Å²) < 4.78 is 1.88. The van der Waals surface area contributed by atoms with E-state index in [1.807, 2.05) is 17.7 Å². The molecule has 1 aliphatic carbocycles. The second-order valence-electron chi connectivity index (χ2n) is 7.47. The molecular formula is C16H27N3O2. The number of aromatic nitrogens is 2. The van der Waals surface area contributed by atoms with Gasteiger partial charge in [0, 0.05) is 24.8 Å². The van der Waals surface area contributed by atoms with Crippen molar-refractivity contribution in [3.05, 3.63) is 17.5 Å². The van der Waals surface area contributed by atoms with Crippen molar-refractivity contribution in [1.82, 2.24) is 9.78 Å². The van der Waals surface area contributed by atoms with Crippen molar-refractivity contribution in [3.8, 4) is 0 Å². The van der Waals surface area contributed by atoms with E-state index in [0.29, 0.717) is 24.1 Å². The van der Waals surface area contributed by atoms with Crippen molar-refractivity contribution in [2.75, 3.05) is 6.61 Å². The van der Waals surface area contributed by atoms with Gasteiger partial charge in [-0.25, -0.2) is 0 Å².